The summed E-state index contributed by atoms with van der Waals surface area (Å²) in [5.74, 6) is 0.188. The number of aryl methyl sites for hydroxylation is 1. The van der Waals surface area contributed by atoms with Gasteiger partial charge in [-0.05, 0) is 17.9 Å². The van der Waals surface area contributed by atoms with Crippen LogP contribution in [0.15, 0.2) is 5.38 Å². The maximum Gasteiger partial charge on any atom is 0.265 e. The zero-order valence-electron chi connectivity index (χ0n) is 8.96. The van der Waals surface area contributed by atoms with Gasteiger partial charge in [-0.1, -0.05) is 11.6 Å². The van der Waals surface area contributed by atoms with E-state index in [0.29, 0.717) is 35.8 Å². The molecule has 0 N–H and O–H groups in total. The summed E-state index contributed by atoms with van der Waals surface area (Å²) in [5, 5.41) is 2.43. The topological polar surface area (TPSA) is 37.4 Å². The summed E-state index contributed by atoms with van der Waals surface area (Å²) in [4.78, 5) is 25.5. The molecule has 1 saturated heterocycles. The van der Waals surface area contributed by atoms with Gasteiger partial charge in [0.1, 0.15) is 10.7 Å². The second-order valence-corrected chi connectivity index (χ2v) is 5.15. The maximum absolute atomic E-state index is 12.1. The molecule has 0 spiro atoms. The molecule has 1 aliphatic rings. The Morgan fingerprint density at radius 3 is 2.56 bits per heavy atom. The molecule has 86 valence electrons. The third-order valence-corrected chi connectivity index (χ3v) is 4.39. The van der Waals surface area contributed by atoms with Crippen molar-refractivity contribution in [2.24, 2.45) is 0 Å². The number of thiophene rings is 1. The van der Waals surface area contributed by atoms with Crippen molar-refractivity contribution in [1.82, 2.24) is 4.90 Å². The molecule has 2 heterocycles. The fourth-order valence-electron chi connectivity index (χ4n) is 1.68. The second-order valence-electron chi connectivity index (χ2n) is 3.89. The molecular formula is C11H12ClNO2S. The average Bonchev–Trinajstić information content (AvgIpc) is 2.60. The molecular weight excluding hydrogens is 246 g/mol. The predicted molar refractivity (Wildman–Crippen MR) is 64.2 cm³/mol. The fraction of sp³-hybridized carbons (Fsp3) is 0.455. The van der Waals surface area contributed by atoms with E-state index < -0.39 is 0 Å². The van der Waals surface area contributed by atoms with Crippen molar-refractivity contribution in [3.05, 3.63) is 20.8 Å². The summed E-state index contributed by atoms with van der Waals surface area (Å²) in [6.45, 7) is 2.92. The number of piperidine rings is 1. The predicted octanol–water partition coefficient (Wildman–Crippen LogP) is 2.52. The molecule has 0 radical (unpaired) electrons. The Balaban J connectivity index is 2.13. The van der Waals surface area contributed by atoms with Crippen LogP contribution in [0, 0.1) is 6.92 Å². The van der Waals surface area contributed by atoms with Gasteiger partial charge in [-0.25, -0.2) is 0 Å². The van der Waals surface area contributed by atoms with Gasteiger partial charge in [-0.15, -0.1) is 11.3 Å². The molecule has 1 fully saturated rings. The van der Waals surface area contributed by atoms with Gasteiger partial charge in [0.05, 0.1) is 5.02 Å². The van der Waals surface area contributed by atoms with Gasteiger partial charge < -0.3 is 4.90 Å². The zero-order chi connectivity index (χ0) is 11.7. The first-order chi connectivity index (χ1) is 7.59. The van der Waals surface area contributed by atoms with Crippen LogP contribution in [0.1, 0.15) is 28.1 Å². The van der Waals surface area contributed by atoms with Crippen molar-refractivity contribution >= 4 is 34.6 Å². The molecule has 0 atom stereocenters. The third kappa shape index (κ3) is 2.13. The van der Waals surface area contributed by atoms with Crippen LogP contribution >= 0.6 is 22.9 Å². The van der Waals surface area contributed by atoms with E-state index in [4.69, 9.17) is 11.6 Å². The van der Waals surface area contributed by atoms with E-state index in [2.05, 4.69) is 0 Å². The molecule has 1 aliphatic heterocycles. The van der Waals surface area contributed by atoms with Crippen molar-refractivity contribution in [2.75, 3.05) is 13.1 Å². The minimum Gasteiger partial charge on any atom is -0.337 e. The highest BCUT2D eigenvalue weighted by Gasteiger charge is 2.24. The molecule has 0 saturated carbocycles. The molecule has 3 nitrogen and oxygen atoms in total. The van der Waals surface area contributed by atoms with Crippen LogP contribution in [0.5, 0.6) is 0 Å². The van der Waals surface area contributed by atoms with Crippen molar-refractivity contribution in [3.63, 3.8) is 0 Å². The first kappa shape index (κ1) is 11.6. The monoisotopic (exact) mass is 257 g/mol. The molecule has 2 rings (SSSR count). The summed E-state index contributed by atoms with van der Waals surface area (Å²) in [7, 11) is 0. The summed E-state index contributed by atoms with van der Waals surface area (Å²) >= 11 is 7.42. The standard InChI is InChI=1S/C11H12ClNO2S/c1-7-6-16-10(9(7)12)11(15)13-4-2-8(14)3-5-13/h6H,2-5H2,1H3. The Kier molecular flexibility index (Phi) is 3.30. The van der Waals surface area contributed by atoms with Gasteiger partial charge in [-0.2, -0.15) is 0 Å². The Bertz CT molecular complexity index is 431. The van der Waals surface area contributed by atoms with Gasteiger partial charge >= 0.3 is 0 Å². The van der Waals surface area contributed by atoms with E-state index >= 15 is 0 Å². The fourth-order valence-corrected chi connectivity index (χ4v) is 2.92. The molecule has 0 aromatic carbocycles. The highest BCUT2D eigenvalue weighted by molar-refractivity contribution is 7.13. The SMILES string of the molecule is Cc1csc(C(=O)N2CCC(=O)CC2)c1Cl. The van der Waals surface area contributed by atoms with E-state index in [1.54, 1.807) is 4.90 Å². The Labute approximate surface area is 103 Å². The number of ketones is 1. The van der Waals surface area contributed by atoms with Gasteiger partial charge in [0.25, 0.3) is 5.91 Å². The third-order valence-electron chi connectivity index (χ3n) is 2.70. The highest BCUT2D eigenvalue weighted by Crippen LogP contribution is 2.28. The second kappa shape index (κ2) is 4.55. The molecule has 1 aromatic rings. The number of likely N-dealkylation sites (tertiary alicyclic amines) is 1. The normalized spacial score (nSPS) is 16.6. The molecule has 1 amide bonds. The number of rotatable bonds is 1. The lowest BCUT2D eigenvalue weighted by Gasteiger charge is -2.25. The number of nitrogens with zero attached hydrogens (tertiary/aromatic N) is 1. The first-order valence-corrected chi connectivity index (χ1v) is 6.40. The molecule has 1 aromatic heterocycles. The van der Waals surface area contributed by atoms with Crippen molar-refractivity contribution in [2.45, 2.75) is 19.8 Å². The molecule has 0 unspecified atom stereocenters. The van der Waals surface area contributed by atoms with Gasteiger partial charge in [0, 0.05) is 25.9 Å². The van der Waals surface area contributed by atoms with Crippen molar-refractivity contribution in [1.29, 1.82) is 0 Å². The Morgan fingerprint density at radius 1 is 1.44 bits per heavy atom. The quantitative estimate of drug-likeness (QED) is 0.775. The van der Waals surface area contributed by atoms with Crippen LogP contribution in [-0.4, -0.2) is 29.7 Å². The van der Waals surface area contributed by atoms with Gasteiger partial charge in [0.2, 0.25) is 0 Å². The lowest BCUT2D eigenvalue weighted by atomic mass is 10.1. The average molecular weight is 258 g/mol. The number of Topliss-reactive ketones (excluding diaryl/α,β-unsaturated/α-hetero) is 1. The smallest absolute Gasteiger partial charge is 0.265 e. The first-order valence-electron chi connectivity index (χ1n) is 5.14. The van der Waals surface area contributed by atoms with Crippen molar-refractivity contribution < 1.29 is 9.59 Å². The van der Waals surface area contributed by atoms with Gasteiger partial charge in [-0.3, -0.25) is 9.59 Å². The summed E-state index contributed by atoms with van der Waals surface area (Å²) in [6, 6.07) is 0. The maximum atomic E-state index is 12.1. The van der Waals surface area contributed by atoms with E-state index in [1.807, 2.05) is 12.3 Å². The van der Waals surface area contributed by atoms with E-state index in [-0.39, 0.29) is 11.7 Å². The van der Waals surface area contributed by atoms with E-state index in [0.717, 1.165) is 5.56 Å². The number of hydrogen-bond donors (Lipinski definition) is 0. The van der Waals surface area contributed by atoms with Crippen LogP contribution in [-0.2, 0) is 4.79 Å². The van der Waals surface area contributed by atoms with E-state index in [1.165, 1.54) is 11.3 Å². The van der Waals surface area contributed by atoms with Crippen molar-refractivity contribution in [3.8, 4) is 0 Å². The summed E-state index contributed by atoms with van der Waals surface area (Å²) in [5.41, 5.74) is 0.933. The van der Waals surface area contributed by atoms with Crippen LogP contribution in [0.3, 0.4) is 0 Å². The number of carbonyl (C=O) groups excluding carboxylic acids is 2. The number of carbonyl (C=O) groups is 2. The van der Waals surface area contributed by atoms with Crippen LogP contribution in [0.4, 0.5) is 0 Å². The minimum absolute atomic E-state index is 0.0457. The zero-order valence-corrected chi connectivity index (χ0v) is 10.5. The molecule has 0 aliphatic carbocycles. The van der Waals surface area contributed by atoms with Crippen LogP contribution in [0.25, 0.3) is 0 Å². The molecule has 0 bridgehead atoms. The number of amides is 1. The summed E-state index contributed by atoms with van der Waals surface area (Å²) < 4.78 is 0. The lowest BCUT2D eigenvalue weighted by molar-refractivity contribution is -0.120. The summed E-state index contributed by atoms with van der Waals surface area (Å²) in [6.07, 6.45) is 0.932. The highest BCUT2D eigenvalue weighted by atomic mass is 35.5. The van der Waals surface area contributed by atoms with Gasteiger partial charge in [0.15, 0.2) is 0 Å². The van der Waals surface area contributed by atoms with E-state index in [9.17, 15) is 9.59 Å². The van der Waals surface area contributed by atoms with Crippen LogP contribution < -0.4 is 0 Å². The number of halogens is 1. The molecule has 16 heavy (non-hydrogen) atoms. The Morgan fingerprint density at radius 2 is 2.06 bits per heavy atom. The largest absolute Gasteiger partial charge is 0.337 e. The Hall–Kier alpha value is -0.870. The molecule has 5 heteroatoms. The van der Waals surface area contributed by atoms with Crippen LogP contribution in [0.2, 0.25) is 5.02 Å². The minimum atomic E-state index is -0.0457. The lowest BCUT2D eigenvalue weighted by Crippen LogP contribution is -2.38. The number of hydrogen-bond acceptors (Lipinski definition) is 3.